The monoisotopic (exact) mass is 514 g/mol. The van der Waals surface area contributed by atoms with Crippen LogP contribution in [0.25, 0.3) is 0 Å². The van der Waals surface area contributed by atoms with Crippen molar-refractivity contribution in [3.8, 4) is 0 Å². The molecule has 0 aliphatic carbocycles. The van der Waals surface area contributed by atoms with Crippen LogP contribution in [0, 0.1) is 0 Å². The number of hydrogen-bond donors (Lipinski definition) is 3. The van der Waals surface area contributed by atoms with Crippen LogP contribution in [-0.2, 0) is 4.79 Å². The number of halogens is 1. The summed E-state index contributed by atoms with van der Waals surface area (Å²) in [5.74, 6) is 1.37. The maximum Gasteiger partial charge on any atom is 0.224 e. The van der Waals surface area contributed by atoms with Crippen LogP contribution in [0.2, 0.25) is 0 Å². The maximum absolute atomic E-state index is 13.5. The van der Waals surface area contributed by atoms with Crippen molar-refractivity contribution in [1.29, 1.82) is 0 Å². The zero-order chi connectivity index (χ0) is 26.3. The second-order valence-corrected chi connectivity index (χ2v) is 10.3. The Morgan fingerprint density at radius 2 is 1.86 bits per heavy atom. The molecule has 0 unspecified atom stereocenters. The van der Waals surface area contributed by atoms with Crippen LogP contribution in [0.1, 0.15) is 34.1 Å². The Labute approximate surface area is 216 Å². The van der Waals surface area contributed by atoms with E-state index in [2.05, 4.69) is 25.1 Å². The van der Waals surface area contributed by atoms with E-state index in [1.165, 1.54) is 11.8 Å². The van der Waals surface area contributed by atoms with E-state index in [1.807, 2.05) is 45.0 Å². The highest BCUT2D eigenvalue weighted by Crippen LogP contribution is 2.30. The molecule has 0 saturated carbocycles. The van der Waals surface area contributed by atoms with Crippen molar-refractivity contribution < 1.29 is 9.18 Å². The molecule has 36 heavy (non-hydrogen) atoms. The Kier molecular flexibility index (Phi) is 9.27. The van der Waals surface area contributed by atoms with Crippen LogP contribution in [0.4, 0.5) is 21.7 Å². The van der Waals surface area contributed by atoms with Crippen LogP contribution in [0.5, 0.6) is 0 Å². The Morgan fingerprint density at radius 3 is 2.44 bits per heavy atom. The number of carbonyl (C=O) groups is 1. The van der Waals surface area contributed by atoms with Gasteiger partial charge in [0, 0.05) is 60.5 Å². The van der Waals surface area contributed by atoms with Gasteiger partial charge in [-0.3, -0.25) is 9.69 Å². The van der Waals surface area contributed by atoms with Gasteiger partial charge in [-0.2, -0.15) is 0 Å². The number of alkyl halides is 1. The van der Waals surface area contributed by atoms with Gasteiger partial charge in [-0.15, -0.1) is 0 Å². The highest BCUT2D eigenvalue weighted by molar-refractivity contribution is 7.99. The number of nitrogens with one attached hydrogen (secondary N) is 1. The number of nitrogens with two attached hydrogens (primary N) is 2. The second-order valence-electron chi connectivity index (χ2n) is 9.24. The Bertz CT molecular complexity index is 1110. The van der Waals surface area contributed by atoms with E-state index in [0.717, 1.165) is 29.5 Å². The summed E-state index contributed by atoms with van der Waals surface area (Å²) < 4.78 is 13.5. The summed E-state index contributed by atoms with van der Waals surface area (Å²) in [5.41, 5.74) is 12.5. The van der Waals surface area contributed by atoms with Gasteiger partial charge in [0.05, 0.1) is 0 Å². The normalized spacial score (nSPS) is 15.8. The van der Waals surface area contributed by atoms with Gasteiger partial charge in [-0.25, -0.2) is 19.4 Å². The molecule has 3 rings (SSSR count). The zero-order valence-corrected chi connectivity index (χ0v) is 22.1. The molecule has 0 radical (unpaired) electrons. The van der Waals surface area contributed by atoms with Crippen LogP contribution in [0.15, 0.2) is 57.1 Å². The Morgan fingerprint density at radius 1 is 1.19 bits per heavy atom. The number of nitrogens with zero attached hydrogens (tertiary/aromatic N) is 5. The summed E-state index contributed by atoms with van der Waals surface area (Å²) in [6.07, 6.45) is 2.00. The van der Waals surface area contributed by atoms with Gasteiger partial charge in [0.2, 0.25) is 5.91 Å². The van der Waals surface area contributed by atoms with Crippen LogP contribution in [-0.4, -0.2) is 65.0 Å². The average molecular weight is 515 g/mol. The molecule has 0 spiro atoms. The minimum Gasteiger partial charge on any atom is -0.402 e. The summed E-state index contributed by atoms with van der Waals surface area (Å²) in [5, 5.41) is 3.36. The average Bonchev–Trinajstić information content (AvgIpc) is 2.84. The molecule has 2 aromatic rings. The van der Waals surface area contributed by atoms with Gasteiger partial charge in [-0.05, 0) is 62.9 Å². The number of rotatable bonds is 9. The first-order chi connectivity index (χ1) is 17.1. The van der Waals surface area contributed by atoms with Crippen LogP contribution in [0.3, 0.4) is 0 Å². The van der Waals surface area contributed by atoms with E-state index in [9.17, 15) is 9.18 Å². The van der Waals surface area contributed by atoms with Crippen molar-refractivity contribution in [2.24, 2.45) is 16.5 Å². The fourth-order valence-electron chi connectivity index (χ4n) is 3.65. The number of aromatic nitrogens is 2. The van der Waals surface area contributed by atoms with Crippen molar-refractivity contribution in [1.82, 2.24) is 14.9 Å². The standard InChI is InChI=1S/C25H35FN8OS/c1-5-23(35)29-18-6-8-19(9-7-18)36-24-31-21(30-20(28)14-17(2)27)15-22(32-24)33-10-12-34(13-11-33)25(3,4)16-26/h6-9,14-15H,5,10-13,16,27H2,1-4H3,(H,29,35)(H2,28,30,31,32). The number of hydrogen-bond acceptors (Lipinski definition) is 8. The summed E-state index contributed by atoms with van der Waals surface area (Å²) in [6, 6.07) is 9.30. The molecule has 1 saturated heterocycles. The summed E-state index contributed by atoms with van der Waals surface area (Å²) in [6.45, 7) is 9.85. The lowest BCUT2D eigenvalue weighted by Gasteiger charge is -2.43. The maximum atomic E-state index is 13.5. The van der Waals surface area contributed by atoms with E-state index in [4.69, 9.17) is 16.5 Å². The molecular formula is C25H35FN8OS. The predicted octanol–water partition coefficient (Wildman–Crippen LogP) is 3.70. The van der Waals surface area contributed by atoms with E-state index in [-0.39, 0.29) is 11.7 Å². The molecule has 1 amide bonds. The molecule has 1 fully saturated rings. The zero-order valence-electron chi connectivity index (χ0n) is 21.3. The summed E-state index contributed by atoms with van der Waals surface area (Å²) in [7, 11) is 0. The molecule has 0 bridgehead atoms. The van der Waals surface area contributed by atoms with Gasteiger partial charge in [0.15, 0.2) is 11.0 Å². The number of amidine groups is 1. The number of piperazine rings is 1. The van der Waals surface area contributed by atoms with Crippen molar-refractivity contribution >= 4 is 40.8 Å². The Balaban J connectivity index is 1.85. The molecule has 1 aliphatic rings. The van der Waals surface area contributed by atoms with Gasteiger partial charge in [0.1, 0.15) is 18.3 Å². The number of benzene rings is 1. The number of amides is 1. The van der Waals surface area contributed by atoms with E-state index in [0.29, 0.717) is 36.2 Å². The molecule has 0 atom stereocenters. The fourth-order valence-corrected chi connectivity index (χ4v) is 4.41. The second kappa shape index (κ2) is 12.2. The topological polar surface area (TPSA) is 126 Å². The fraction of sp³-hybridized carbons (Fsp3) is 0.440. The predicted molar refractivity (Wildman–Crippen MR) is 145 cm³/mol. The molecular weight excluding hydrogens is 479 g/mol. The van der Waals surface area contributed by atoms with Crippen molar-refractivity contribution in [2.45, 2.75) is 49.7 Å². The largest absolute Gasteiger partial charge is 0.402 e. The Hall–Kier alpha value is -3.18. The highest BCUT2D eigenvalue weighted by Gasteiger charge is 2.30. The van der Waals surface area contributed by atoms with Gasteiger partial charge >= 0.3 is 0 Å². The summed E-state index contributed by atoms with van der Waals surface area (Å²) >= 11 is 1.39. The third-order valence-electron chi connectivity index (χ3n) is 5.75. The van der Waals surface area contributed by atoms with Crippen molar-refractivity contribution in [3.05, 3.63) is 42.1 Å². The molecule has 194 valence electrons. The molecule has 11 heteroatoms. The number of anilines is 2. The van der Waals surface area contributed by atoms with Gasteiger partial charge in [0.25, 0.3) is 0 Å². The first-order valence-corrected chi connectivity index (χ1v) is 12.7. The minimum atomic E-state index is -0.488. The minimum absolute atomic E-state index is 0.0386. The first kappa shape index (κ1) is 27.4. The first-order valence-electron chi connectivity index (χ1n) is 11.9. The van der Waals surface area contributed by atoms with Crippen molar-refractivity contribution in [3.63, 3.8) is 0 Å². The molecule has 9 nitrogen and oxygen atoms in total. The van der Waals surface area contributed by atoms with E-state index in [1.54, 1.807) is 19.1 Å². The molecule has 1 aromatic carbocycles. The lowest BCUT2D eigenvalue weighted by atomic mass is 10.0. The molecule has 1 aromatic heterocycles. The lowest BCUT2D eigenvalue weighted by molar-refractivity contribution is -0.115. The van der Waals surface area contributed by atoms with Crippen LogP contribution >= 0.6 is 11.8 Å². The van der Waals surface area contributed by atoms with Gasteiger partial charge < -0.3 is 21.7 Å². The molecule has 1 aliphatic heterocycles. The van der Waals surface area contributed by atoms with E-state index < -0.39 is 12.2 Å². The highest BCUT2D eigenvalue weighted by atomic mass is 32.2. The number of allylic oxidation sites excluding steroid dienone is 1. The number of carbonyl (C=O) groups excluding carboxylic acids is 1. The SMILES string of the molecule is CCC(=O)Nc1ccc(Sc2nc(N=C(N)C=C(C)N)cc(N3CCN(C(C)(C)CF)CC3)n2)cc1. The summed E-state index contributed by atoms with van der Waals surface area (Å²) in [4.78, 5) is 30.6. The third kappa shape index (κ3) is 7.66. The quantitative estimate of drug-likeness (QED) is 0.263. The van der Waals surface area contributed by atoms with Crippen molar-refractivity contribution in [2.75, 3.05) is 43.1 Å². The molecule has 2 heterocycles. The lowest BCUT2D eigenvalue weighted by Crippen LogP contribution is -2.55. The number of aliphatic imine (C=N–C) groups is 1. The third-order valence-corrected chi connectivity index (χ3v) is 6.63. The van der Waals surface area contributed by atoms with E-state index >= 15 is 0 Å². The van der Waals surface area contributed by atoms with Crippen LogP contribution < -0.4 is 21.7 Å². The smallest absolute Gasteiger partial charge is 0.224 e. The van der Waals surface area contributed by atoms with Gasteiger partial charge in [-0.1, -0.05) is 6.92 Å². The molecule has 5 N–H and O–H groups in total.